The standard InChI is InChI=1S/C23H33N5O.HI/c1-24-23(26-15-13-19-10-6-7-14-25-19)27-18-21(28-16-8-3-9-17-28)20-11-4-5-12-22(20)29-2;/h4-7,10-12,14,21H,3,8-9,13,15-18H2,1-2H3,(H2,24,26,27);1H. The van der Waals surface area contributed by atoms with E-state index in [1.165, 1.54) is 24.8 Å². The highest BCUT2D eigenvalue weighted by atomic mass is 127. The third-order valence-electron chi connectivity index (χ3n) is 5.42. The molecule has 2 aromatic rings. The van der Waals surface area contributed by atoms with Crippen LogP contribution in [0.15, 0.2) is 53.7 Å². The number of nitrogens with zero attached hydrogens (tertiary/aromatic N) is 3. The summed E-state index contributed by atoms with van der Waals surface area (Å²) < 4.78 is 5.66. The molecule has 1 saturated heterocycles. The van der Waals surface area contributed by atoms with E-state index in [1.807, 2.05) is 43.6 Å². The van der Waals surface area contributed by atoms with Crippen LogP contribution in [-0.4, -0.2) is 56.2 Å². The Morgan fingerprint density at radius 1 is 1.10 bits per heavy atom. The van der Waals surface area contributed by atoms with Crippen molar-refractivity contribution < 1.29 is 4.74 Å². The maximum absolute atomic E-state index is 5.66. The van der Waals surface area contributed by atoms with E-state index in [0.717, 1.165) is 50.0 Å². The van der Waals surface area contributed by atoms with Gasteiger partial charge < -0.3 is 15.4 Å². The minimum atomic E-state index is 0. The van der Waals surface area contributed by atoms with Gasteiger partial charge in [0.05, 0.1) is 13.2 Å². The fourth-order valence-corrected chi connectivity index (χ4v) is 3.88. The summed E-state index contributed by atoms with van der Waals surface area (Å²) in [5, 5.41) is 6.93. The summed E-state index contributed by atoms with van der Waals surface area (Å²) >= 11 is 0. The van der Waals surface area contributed by atoms with E-state index in [9.17, 15) is 0 Å². The van der Waals surface area contributed by atoms with Gasteiger partial charge in [-0.05, 0) is 44.1 Å². The zero-order valence-electron chi connectivity index (χ0n) is 18.0. The maximum atomic E-state index is 5.66. The Labute approximate surface area is 197 Å². The van der Waals surface area contributed by atoms with Gasteiger partial charge >= 0.3 is 0 Å². The van der Waals surface area contributed by atoms with Crippen LogP contribution in [0.25, 0.3) is 0 Å². The molecule has 0 radical (unpaired) electrons. The minimum Gasteiger partial charge on any atom is -0.496 e. The number of nitrogens with one attached hydrogen (secondary N) is 2. The molecule has 1 aliphatic rings. The molecule has 7 heteroatoms. The van der Waals surface area contributed by atoms with Gasteiger partial charge in [-0.25, -0.2) is 0 Å². The van der Waals surface area contributed by atoms with Crippen molar-refractivity contribution in [3.63, 3.8) is 0 Å². The molecule has 0 bridgehead atoms. The van der Waals surface area contributed by atoms with E-state index in [2.05, 4.69) is 37.6 Å². The van der Waals surface area contributed by atoms with Gasteiger partial charge in [-0.2, -0.15) is 0 Å². The van der Waals surface area contributed by atoms with Crippen molar-refractivity contribution in [3.8, 4) is 5.75 Å². The summed E-state index contributed by atoms with van der Waals surface area (Å²) in [4.78, 5) is 11.3. The highest BCUT2D eigenvalue weighted by molar-refractivity contribution is 14.0. The van der Waals surface area contributed by atoms with Crippen molar-refractivity contribution in [2.75, 3.05) is 40.3 Å². The van der Waals surface area contributed by atoms with Gasteiger partial charge in [-0.3, -0.25) is 14.9 Å². The molecule has 0 aliphatic carbocycles. The van der Waals surface area contributed by atoms with Crippen LogP contribution in [0.2, 0.25) is 0 Å². The second-order valence-electron chi connectivity index (χ2n) is 7.31. The van der Waals surface area contributed by atoms with Crippen molar-refractivity contribution in [1.82, 2.24) is 20.5 Å². The predicted molar refractivity (Wildman–Crippen MR) is 134 cm³/mol. The molecule has 1 aromatic carbocycles. The Morgan fingerprint density at radius 2 is 1.87 bits per heavy atom. The molecule has 0 saturated carbocycles. The first-order chi connectivity index (χ1) is 14.3. The van der Waals surface area contributed by atoms with E-state index < -0.39 is 0 Å². The van der Waals surface area contributed by atoms with Crippen LogP contribution in [0.4, 0.5) is 0 Å². The summed E-state index contributed by atoms with van der Waals surface area (Å²) in [5.41, 5.74) is 2.31. The fourth-order valence-electron chi connectivity index (χ4n) is 3.88. The van der Waals surface area contributed by atoms with E-state index in [1.54, 1.807) is 7.11 Å². The smallest absolute Gasteiger partial charge is 0.191 e. The summed E-state index contributed by atoms with van der Waals surface area (Å²) in [6.45, 7) is 3.82. The number of aromatic nitrogens is 1. The van der Waals surface area contributed by atoms with Gasteiger partial charge in [0, 0.05) is 44.0 Å². The molecule has 1 aromatic heterocycles. The number of likely N-dealkylation sites (tertiary alicyclic amines) is 1. The molecule has 3 rings (SSSR count). The molecule has 1 unspecified atom stereocenters. The number of aliphatic imine (C=N–C) groups is 1. The number of para-hydroxylation sites is 1. The van der Waals surface area contributed by atoms with Gasteiger partial charge in [0.15, 0.2) is 5.96 Å². The van der Waals surface area contributed by atoms with Crippen molar-refractivity contribution in [1.29, 1.82) is 0 Å². The van der Waals surface area contributed by atoms with Crippen LogP contribution in [-0.2, 0) is 6.42 Å². The van der Waals surface area contributed by atoms with E-state index in [0.29, 0.717) is 0 Å². The van der Waals surface area contributed by atoms with E-state index in [-0.39, 0.29) is 30.0 Å². The number of benzene rings is 1. The summed E-state index contributed by atoms with van der Waals surface area (Å²) in [6.07, 6.45) is 6.52. The van der Waals surface area contributed by atoms with Crippen LogP contribution < -0.4 is 15.4 Å². The van der Waals surface area contributed by atoms with Gasteiger partial charge in [0.2, 0.25) is 0 Å². The fraction of sp³-hybridized carbons (Fsp3) is 0.478. The first-order valence-corrected chi connectivity index (χ1v) is 10.5. The lowest BCUT2D eigenvalue weighted by molar-refractivity contribution is 0.161. The molecule has 164 valence electrons. The lowest BCUT2D eigenvalue weighted by Gasteiger charge is -2.35. The first kappa shape index (κ1) is 24.4. The summed E-state index contributed by atoms with van der Waals surface area (Å²) in [6, 6.07) is 14.6. The average molecular weight is 523 g/mol. The number of guanidine groups is 1. The molecular formula is C23H34IN5O. The quantitative estimate of drug-likeness (QED) is 0.315. The van der Waals surface area contributed by atoms with E-state index >= 15 is 0 Å². The molecule has 30 heavy (non-hydrogen) atoms. The second kappa shape index (κ2) is 13.4. The van der Waals surface area contributed by atoms with Crippen LogP contribution in [0.1, 0.15) is 36.6 Å². The Kier molecular flexibility index (Phi) is 10.9. The van der Waals surface area contributed by atoms with Gasteiger partial charge in [-0.15, -0.1) is 24.0 Å². The third-order valence-corrected chi connectivity index (χ3v) is 5.42. The molecule has 0 amide bonds. The van der Waals surface area contributed by atoms with Crippen LogP contribution in [0.5, 0.6) is 5.75 Å². The number of piperidine rings is 1. The molecular weight excluding hydrogens is 489 g/mol. The highest BCUT2D eigenvalue weighted by Gasteiger charge is 2.25. The first-order valence-electron chi connectivity index (χ1n) is 10.5. The normalized spacial score (nSPS) is 15.7. The van der Waals surface area contributed by atoms with Crippen LogP contribution in [0.3, 0.4) is 0 Å². The highest BCUT2D eigenvalue weighted by Crippen LogP contribution is 2.30. The number of pyridine rings is 1. The Morgan fingerprint density at radius 3 is 2.57 bits per heavy atom. The molecule has 6 nitrogen and oxygen atoms in total. The number of hydrogen-bond acceptors (Lipinski definition) is 4. The van der Waals surface area contributed by atoms with Crippen molar-refractivity contribution in [2.24, 2.45) is 4.99 Å². The zero-order valence-corrected chi connectivity index (χ0v) is 20.3. The lowest BCUT2D eigenvalue weighted by Crippen LogP contribution is -2.45. The largest absolute Gasteiger partial charge is 0.496 e. The summed E-state index contributed by atoms with van der Waals surface area (Å²) in [7, 11) is 3.56. The van der Waals surface area contributed by atoms with E-state index in [4.69, 9.17) is 4.74 Å². The van der Waals surface area contributed by atoms with Gasteiger partial charge in [-0.1, -0.05) is 30.7 Å². The molecule has 2 N–H and O–H groups in total. The lowest BCUT2D eigenvalue weighted by atomic mass is 10.0. The number of rotatable bonds is 8. The zero-order chi connectivity index (χ0) is 20.3. The van der Waals surface area contributed by atoms with Gasteiger partial charge in [0.1, 0.15) is 5.75 Å². The Bertz CT molecular complexity index is 765. The van der Waals surface area contributed by atoms with Crippen LogP contribution in [0, 0.1) is 0 Å². The molecule has 0 spiro atoms. The number of ether oxygens (including phenoxy) is 1. The third kappa shape index (κ3) is 7.12. The maximum Gasteiger partial charge on any atom is 0.191 e. The Balaban J connectivity index is 0.00000320. The number of hydrogen-bond donors (Lipinski definition) is 2. The van der Waals surface area contributed by atoms with Gasteiger partial charge in [0.25, 0.3) is 0 Å². The van der Waals surface area contributed by atoms with Crippen molar-refractivity contribution in [3.05, 3.63) is 59.9 Å². The molecule has 2 heterocycles. The molecule has 1 fully saturated rings. The monoisotopic (exact) mass is 523 g/mol. The molecule has 1 atom stereocenters. The average Bonchev–Trinajstić information content (AvgIpc) is 2.79. The number of methoxy groups -OCH3 is 1. The predicted octanol–water partition coefficient (Wildman–Crippen LogP) is 3.64. The summed E-state index contributed by atoms with van der Waals surface area (Å²) in [5.74, 6) is 1.76. The van der Waals surface area contributed by atoms with Crippen molar-refractivity contribution in [2.45, 2.75) is 31.7 Å². The molecule has 1 aliphatic heterocycles. The minimum absolute atomic E-state index is 0. The second-order valence-corrected chi connectivity index (χ2v) is 7.31. The van der Waals surface area contributed by atoms with Crippen molar-refractivity contribution >= 4 is 29.9 Å². The Hall–Kier alpha value is -1.87. The van der Waals surface area contributed by atoms with Crippen LogP contribution >= 0.6 is 24.0 Å². The number of halogens is 1. The SMILES string of the molecule is CN=C(NCCc1ccccn1)NCC(c1ccccc1OC)N1CCCCC1.I. The topological polar surface area (TPSA) is 61.8 Å².